The van der Waals surface area contributed by atoms with Crippen molar-refractivity contribution in [2.45, 2.75) is 29.9 Å². The Morgan fingerprint density at radius 1 is 0.897 bits per heavy atom. The molecular weight excluding hydrogens is 384 g/mol. The molecule has 0 N–H and O–H groups in total. The molecule has 1 unspecified atom stereocenters. The minimum Gasteiger partial charge on any atom is -0.297 e. The third-order valence-electron chi connectivity index (χ3n) is 5.94. The van der Waals surface area contributed by atoms with Gasteiger partial charge in [0.05, 0.1) is 10.4 Å². The molecule has 4 heterocycles. The lowest BCUT2D eigenvalue weighted by Crippen LogP contribution is -2.45. The maximum Gasteiger partial charge on any atom is 0.244 e. The van der Waals surface area contributed by atoms with E-state index in [9.17, 15) is 8.42 Å². The Balaban J connectivity index is 1.53. The van der Waals surface area contributed by atoms with Crippen LogP contribution in [0.15, 0.2) is 78.2 Å². The van der Waals surface area contributed by atoms with Gasteiger partial charge in [0.15, 0.2) is 0 Å². The summed E-state index contributed by atoms with van der Waals surface area (Å²) in [6, 6.07) is 15.2. The van der Waals surface area contributed by atoms with E-state index in [1.54, 1.807) is 35.0 Å². The van der Waals surface area contributed by atoms with E-state index in [2.05, 4.69) is 20.9 Å². The minimum atomic E-state index is -3.57. The molecule has 2 aliphatic heterocycles. The van der Waals surface area contributed by atoms with Gasteiger partial charge >= 0.3 is 0 Å². The predicted molar refractivity (Wildman–Crippen MR) is 109 cm³/mol. The second-order valence-corrected chi connectivity index (χ2v) is 9.55. The highest BCUT2D eigenvalue weighted by Gasteiger charge is 2.56. The number of rotatable bonds is 4. The number of hydrogen-bond donors (Lipinski definition) is 0. The number of aromatic nitrogens is 2. The van der Waals surface area contributed by atoms with E-state index < -0.39 is 15.6 Å². The molecule has 1 atom stereocenters. The largest absolute Gasteiger partial charge is 0.297 e. The van der Waals surface area contributed by atoms with Gasteiger partial charge in [0.2, 0.25) is 10.0 Å². The van der Waals surface area contributed by atoms with Gasteiger partial charge in [-0.3, -0.25) is 14.9 Å². The average molecular weight is 407 g/mol. The van der Waals surface area contributed by atoms with Crippen molar-refractivity contribution in [3.05, 3.63) is 90.0 Å². The van der Waals surface area contributed by atoms with Gasteiger partial charge in [-0.15, -0.1) is 0 Å². The van der Waals surface area contributed by atoms with Crippen molar-refractivity contribution in [1.82, 2.24) is 19.2 Å². The van der Waals surface area contributed by atoms with Gasteiger partial charge in [-0.05, 0) is 41.3 Å². The number of sulfonamides is 1. The maximum absolute atomic E-state index is 13.5. The summed E-state index contributed by atoms with van der Waals surface area (Å²) >= 11 is 0. The number of hydrogen-bond acceptors (Lipinski definition) is 5. The summed E-state index contributed by atoms with van der Waals surface area (Å²) in [4.78, 5) is 11.1. The van der Waals surface area contributed by atoms with Crippen LogP contribution in [0.3, 0.4) is 0 Å². The van der Waals surface area contributed by atoms with Gasteiger partial charge in [0.1, 0.15) is 0 Å². The van der Waals surface area contributed by atoms with E-state index in [1.165, 1.54) is 0 Å². The average Bonchev–Trinajstić information content (AvgIpc) is 3.24. The topological polar surface area (TPSA) is 66.4 Å². The van der Waals surface area contributed by atoms with Crippen LogP contribution in [0.5, 0.6) is 0 Å². The summed E-state index contributed by atoms with van der Waals surface area (Å²) in [7, 11) is -3.57. The summed E-state index contributed by atoms with van der Waals surface area (Å²) in [5, 5.41) is 0. The summed E-state index contributed by atoms with van der Waals surface area (Å²) < 4.78 is 28.7. The number of likely N-dealkylation sites (tertiary alicyclic amines) is 1. The van der Waals surface area contributed by atoms with Crippen LogP contribution in [-0.2, 0) is 28.7 Å². The molecule has 1 spiro atoms. The normalized spacial score (nSPS) is 23.4. The number of pyridine rings is 2. The molecule has 0 radical (unpaired) electrons. The van der Waals surface area contributed by atoms with Gasteiger partial charge in [-0.2, -0.15) is 4.31 Å². The van der Waals surface area contributed by atoms with E-state index in [0.29, 0.717) is 18.0 Å². The molecule has 7 heteroatoms. The zero-order chi connectivity index (χ0) is 19.9. The van der Waals surface area contributed by atoms with Crippen molar-refractivity contribution in [2.24, 2.45) is 0 Å². The number of nitrogens with zero attached hydrogens (tertiary/aromatic N) is 4. The molecule has 1 aromatic carbocycles. The first-order chi connectivity index (χ1) is 14.1. The van der Waals surface area contributed by atoms with Crippen LogP contribution in [0.2, 0.25) is 0 Å². The van der Waals surface area contributed by atoms with Crippen molar-refractivity contribution in [1.29, 1.82) is 0 Å². The monoisotopic (exact) mass is 406 g/mol. The SMILES string of the molecule is O=S1(=O)c2ccccc2C2(CCN(Cc3cccnc3)C2)N1Cc1cccnc1. The Kier molecular flexibility index (Phi) is 4.46. The lowest BCUT2D eigenvalue weighted by Gasteiger charge is -2.34. The quantitative estimate of drug-likeness (QED) is 0.667. The highest BCUT2D eigenvalue weighted by Crippen LogP contribution is 2.50. The minimum absolute atomic E-state index is 0.325. The summed E-state index contributed by atoms with van der Waals surface area (Å²) in [5.74, 6) is 0. The van der Waals surface area contributed by atoms with Crippen LogP contribution < -0.4 is 0 Å². The third kappa shape index (κ3) is 3.06. The van der Waals surface area contributed by atoms with E-state index in [4.69, 9.17) is 0 Å². The second kappa shape index (κ2) is 7.02. The molecule has 0 bridgehead atoms. The Morgan fingerprint density at radius 3 is 2.28 bits per heavy atom. The van der Waals surface area contributed by atoms with Gasteiger partial charge in [-0.1, -0.05) is 30.3 Å². The molecule has 0 aliphatic carbocycles. The first kappa shape index (κ1) is 18.4. The predicted octanol–water partition coefficient (Wildman–Crippen LogP) is 2.78. The van der Waals surface area contributed by atoms with E-state index in [-0.39, 0.29) is 0 Å². The Labute approximate surface area is 170 Å². The van der Waals surface area contributed by atoms with Crippen molar-refractivity contribution in [3.8, 4) is 0 Å². The molecule has 5 rings (SSSR count). The zero-order valence-corrected chi connectivity index (χ0v) is 16.8. The van der Waals surface area contributed by atoms with Crippen LogP contribution in [0, 0.1) is 0 Å². The van der Waals surface area contributed by atoms with Gasteiger partial charge in [0, 0.05) is 51.0 Å². The first-order valence-corrected chi connectivity index (χ1v) is 11.2. The van der Waals surface area contributed by atoms with Crippen LogP contribution in [0.25, 0.3) is 0 Å². The lowest BCUT2D eigenvalue weighted by atomic mass is 9.88. The Hall–Kier alpha value is -2.61. The Bertz CT molecular complexity index is 1120. The van der Waals surface area contributed by atoms with Crippen molar-refractivity contribution in [3.63, 3.8) is 0 Å². The van der Waals surface area contributed by atoms with Crippen molar-refractivity contribution in [2.75, 3.05) is 13.1 Å². The van der Waals surface area contributed by atoms with Gasteiger partial charge in [0.25, 0.3) is 0 Å². The van der Waals surface area contributed by atoms with Gasteiger partial charge < -0.3 is 0 Å². The number of fused-ring (bicyclic) bond motifs is 2. The molecule has 3 aromatic rings. The standard InChI is InChI=1S/C22H22N4O2S/c27-29(28)21-8-2-1-7-20(21)22(26(29)16-19-6-4-11-24-14-19)9-12-25(17-22)15-18-5-3-10-23-13-18/h1-8,10-11,13-14H,9,12,15-17H2. The molecule has 6 nitrogen and oxygen atoms in total. The molecule has 148 valence electrons. The van der Waals surface area contributed by atoms with Crippen LogP contribution in [0.4, 0.5) is 0 Å². The van der Waals surface area contributed by atoms with E-state index >= 15 is 0 Å². The molecule has 2 aromatic heterocycles. The first-order valence-electron chi connectivity index (χ1n) is 9.72. The van der Waals surface area contributed by atoms with E-state index in [1.807, 2.05) is 36.5 Å². The smallest absolute Gasteiger partial charge is 0.244 e. The van der Waals surface area contributed by atoms with Crippen molar-refractivity contribution < 1.29 is 8.42 Å². The van der Waals surface area contributed by atoms with Crippen LogP contribution >= 0.6 is 0 Å². The molecule has 1 fully saturated rings. The Morgan fingerprint density at radius 2 is 1.59 bits per heavy atom. The molecule has 0 saturated carbocycles. The fraction of sp³-hybridized carbons (Fsp3) is 0.273. The second-order valence-electron chi connectivity index (χ2n) is 7.72. The zero-order valence-electron chi connectivity index (χ0n) is 16.0. The lowest BCUT2D eigenvalue weighted by molar-refractivity contribution is 0.184. The van der Waals surface area contributed by atoms with Crippen LogP contribution in [-0.4, -0.2) is 40.7 Å². The summed E-state index contributed by atoms with van der Waals surface area (Å²) in [5.41, 5.74) is 2.40. The molecule has 2 aliphatic rings. The van der Waals surface area contributed by atoms with Crippen molar-refractivity contribution >= 4 is 10.0 Å². The molecule has 29 heavy (non-hydrogen) atoms. The molecule has 0 amide bonds. The maximum atomic E-state index is 13.5. The van der Waals surface area contributed by atoms with Gasteiger partial charge in [-0.25, -0.2) is 8.42 Å². The van der Waals surface area contributed by atoms with E-state index in [0.717, 1.165) is 36.2 Å². The summed E-state index contributed by atoms with van der Waals surface area (Å²) in [6.07, 6.45) is 7.86. The number of benzene rings is 1. The molecular formula is C22H22N4O2S. The fourth-order valence-corrected chi connectivity index (χ4v) is 6.68. The third-order valence-corrected chi connectivity index (χ3v) is 7.91. The fourth-order valence-electron chi connectivity index (χ4n) is 4.63. The molecule has 1 saturated heterocycles. The highest BCUT2D eigenvalue weighted by molar-refractivity contribution is 7.89. The highest BCUT2D eigenvalue weighted by atomic mass is 32.2. The summed E-state index contributed by atoms with van der Waals surface area (Å²) in [6.45, 7) is 2.59. The van der Waals surface area contributed by atoms with Crippen LogP contribution in [0.1, 0.15) is 23.1 Å².